The van der Waals surface area contributed by atoms with Crippen molar-refractivity contribution in [2.45, 2.75) is 56.7 Å². The van der Waals surface area contributed by atoms with Gasteiger partial charge in [-0.05, 0) is 45.6 Å². The minimum absolute atomic E-state index is 0. The lowest BCUT2D eigenvalue weighted by atomic mass is 9.84. The molecule has 2 fully saturated rings. The number of fused-ring (bicyclic) bond motifs is 3. The highest BCUT2D eigenvalue weighted by molar-refractivity contribution is 7.29. The fourth-order valence-electron chi connectivity index (χ4n) is 5.10. The van der Waals surface area contributed by atoms with Crippen molar-refractivity contribution < 1.29 is 0 Å². The Morgan fingerprint density at radius 2 is 1.81 bits per heavy atom. The lowest BCUT2D eigenvalue weighted by Gasteiger charge is -2.45. The SMILES string of the molecule is CN(c1nc2sc(-c3cnc(-n4cccn4)cn3)nc2s1)C1C[C@]2(C)CC[C@](C)(C1)N2.Cl. The predicted molar refractivity (Wildman–Crippen MR) is 131 cm³/mol. The molecule has 0 amide bonds. The van der Waals surface area contributed by atoms with Gasteiger partial charge in [-0.3, -0.25) is 0 Å². The zero-order valence-electron chi connectivity index (χ0n) is 18.1. The molecular weight excluding hydrogens is 464 g/mol. The van der Waals surface area contributed by atoms with Crippen LogP contribution in [0.3, 0.4) is 0 Å². The molecule has 11 heteroatoms. The first-order valence-electron chi connectivity index (χ1n) is 10.5. The van der Waals surface area contributed by atoms with Crippen LogP contribution >= 0.6 is 35.1 Å². The van der Waals surface area contributed by atoms with Crippen LogP contribution in [0.4, 0.5) is 5.13 Å². The largest absolute Gasteiger partial charge is 0.348 e. The molecule has 4 aromatic heterocycles. The molecule has 2 aliphatic heterocycles. The van der Waals surface area contributed by atoms with Crippen LogP contribution in [0.2, 0.25) is 0 Å². The molecular formula is C21H25ClN8S2. The second-order valence-electron chi connectivity index (χ2n) is 9.26. The van der Waals surface area contributed by atoms with E-state index in [2.05, 4.69) is 46.2 Å². The number of anilines is 1. The van der Waals surface area contributed by atoms with E-state index in [0.717, 1.165) is 38.3 Å². The van der Waals surface area contributed by atoms with Gasteiger partial charge in [0.2, 0.25) is 0 Å². The number of nitrogens with zero attached hydrogens (tertiary/aromatic N) is 7. The van der Waals surface area contributed by atoms with Crippen molar-refractivity contribution in [1.29, 1.82) is 0 Å². The summed E-state index contributed by atoms with van der Waals surface area (Å²) in [4.78, 5) is 23.0. The normalized spacial score (nSPS) is 26.9. The van der Waals surface area contributed by atoms with Crippen LogP contribution in [0, 0.1) is 0 Å². The first kappa shape index (κ1) is 21.7. The summed E-state index contributed by atoms with van der Waals surface area (Å²) in [6.45, 7) is 4.73. The van der Waals surface area contributed by atoms with Crippen molar-refractivity contribution in [2.75, 3.05) is 11.9 Å². The number of halogens is 1. The summed E-state index contributed by atoms with van der Waals surface area (Å²) in [5.41, 5.74) is 1.25. The molecule has 2 bridgehead atoms. The summed E-state index contributed by atoms with van der Waals surface area (Å²) in [5, 5.41) is 9.96. The van der Waals surface area contributed by atoms with E-state index in [-0.39, 0.29) is 23.5 Å². The summed E-state index contributed by atoms with van der Waals surface area (Å²) >= 11 is 3.24. The maximum absolute atomic E-state index is 4.93. The van der Waals surface area contributed by atoms with Crippen LogP contribution in [0.15, 0.2) is 30.9 Å². The summed E-state index contributed by atoms with van der Waals surface area (Å²) in [5.74, 6) is 0.687. The van der Waals surface area contributed by atoms with Crippen LogP contribution in [0.5, 0.6) is 0 Å². The molecule has 3 atom stereocenters. The molecule has 168 valence electrons. The van der Waals surface area contributed by atoms with E-state index in [1.807, 2.05) is 12.3 Å². The minimum Gasteiger partial charge on any atom is -0.348 e. The van der Waals surface area contributed by atoms with E-state index >= 15 is 0 Å². The van der Waals surface area contributed by atoms with E-state index in [4.69, 9.17) is 9.97 Å². The molecule has 1 unspecified atom stereocenters. The van der Waals surface area contributed by atoms with E-state index in [0.29, 0.717) is 11.9 Å². The van der Waals surface area contributed by atoms with Gasteiger partial charge in [-0.15, -0.1) is 12.4 Å². The van der Waals surface area contributed by atoms with Gasteiger partial charge in [0, 0.05) is 36.6 Å². The Hall–Kier alpha value is -2.14. The number of hydrogen-bond acceptors (Lipinski definition) is 9. The minimum atomic E-state index is 0. The Kier molecular flexibility index (Phi) is 5.23. The highest BCUT2D eigenvalue weighted by atomic mass is 35.5. The van der Waals surface area contributed by atoms with Crippen LogP contribution in [-0.4, -0.2) is 53.9 Å². The smallest absolute Gasteiger partial charge is 0.188 e. The van der Waals surface area contributed by atoms with Crippen molar-refractivity contribution >= 4 is 49.9 Å². The van der Waals surface area contributed by atoms with Gasteiger partial charge in [-0.2, -0.15) is 5.10 Å². The highest BCUT2D eigenvalue weighted by Crippen LogP contribution is 2.45. The number of aromatic nitrogens is 6. The summed E-state index contributed by atoms with van der Waals surface area (Å²) in [7, 11) is 2.19. The maximum Gasteiger partial charge on any atom is 0.188 e. The zero-order valence-corrected chi connectivity index (χ0v) is 20.6. The zero-order chi connectivity index (χ0) is 21.2. The second-order valence-corrected chi connectivity index (χ2v) is 11.2. The van der Waals surface area contributed by atoms with Gasteiger partial charge in [0.05, 0.1) is 12.4 Å². The molecule has 0 spiro atoms. The summed E-state index contributed by atoms with van der Waals surface area (Å²) in [6, 6.07) is 2.36. The van der Waals surface area contributed by atoms with E-state index < -0.39 is 0 Å². The van der Waals surface area contributed by atoms with Gasteiger partial charge in [-0.1, -0.05) is 22.7 Å². The maximum atomic E-state index is 4.93. The number of rotatable bonds is 4. The number of hydrogen-bond donors (Lipinski definition) is 1. The highest BCUT2D eigenvalue weighted by Gasteiger charge is 2.49. The third-order valence-electron chi connectivity index (χ3n) is 6.61. The van der Waals surface area contributed by atoms with Crippen LogP contribution in [0.25, 0.3) is 26.2 Å². The average molecular weight is 489 g/mol. The third kappa shape index (κ3) is 3.68. The summed E-state index contributed by atoms with van der Waals surface area (Å²) in [6.07, 6.45) is 11.9. The van der Waals surface area contributed by atoms with E-state index in [9.17, 15) is 0 Å². The Balaban J connectivity index is 0.00000216. The molecule has 0 aliphatic carbocycles. The molecule has 2 aliphatic rings. The van der Waals surface area contributed by atoms with Crippen molar-refractivity contribution in [3.05, 3.63) is 30.9 Å². The fraction of sp³-hybridized carbons (Fsp3) is 0.476. The molecule has 1 N–H and O–H groups in total. The first-order valence-corrected chi connectivity index (χ1v) is 12.2. The van der Waals surface area contributed by atoms with Gasteiger partial charge in [0.1, 0.15) is 10.7 Å². The van der Waals surface area contributed by atoms with Gasteiger partial charge in [0.15, 0.2) is 20.6 Å². The Bertz CT molecular complexity index is 1190. The van der Waals surface area contributed by atoms with E-state index in [1.54, 1.807) is 45.9 Å². The quantitative estimate of drug-likeness (QED) is 0.458. The first-order chi connectivity index (χ1) is 14.9. The molecule has 8 nitrogen and oxygen atoms in total. The molecule has 6 heterocycles. The van der Waals surface area contributed by atoms with Gasteiger partial charge < -0.3 is 10.2 Å². The summed E-state index contributed by atoms with van der Waals surface area (Å²) < 4.78 is 1.69. The molecule has 0 saturated carbocycles. The van der Waals surface area contributed by atoms with Crippen molar-refractivity contribution in [3.63, 3.8) is 0 Å². The van der Waals surface area contributed by atoms with Crippen LogP contribution in [0.1, 0.15) is 39.5 Å². The average Bonchev–Trinajstić information content (AvgIpc) is 3.50. The topological polar surface area (TPSA) is 84.7 Å². The van der Waals surface area contributed by atoms with Crippen LogP contribution < -0.4 is 10.2 Å². The van der Waals surface area contributed by atoms with Crippen LogP contribution in [-0.2, 0) is 0 Å². The van der Waals surface area contributed by atoms with Gasteiger partial charge in [-0.25, -0.2) is 24.6 Å². The number of piperidine rings is 1. The number of thiazole rings is 2. The fourth-order valence-corrected chi connectivity index (χ4v) is 7.13. The van der Waals surface area contributed by atoms with Gasteiger partial charge in [0.25, 0.3) is 0 Å². The Morgan fingerprint density at radius 3 is 2.44 bits per heavy atom. The lowest BCUT2D eigenvalue weighted by Crippen LogP contribution is -2.58. The molecule has 6 rings (SSSR count). The predicted octanol–water partition coefficient (Wildman–Crippen LogP) is 4.32. The standard InChI is InChI=1S/C21H24N8S2.ClH/c1-20-5-6-21(2,27-20)10-13(9-20)28(3)19-26-18-17(31-19)25-16(30-18)14-11-23-15(12-22-14)29-8-4-7-24-29;/h4,7-8,11-13,27H,5-6,9-10H2,1-3H3;1H/t13?,20-,21+;. The number of nitrogens with one attached hydrogen (secondary N) is 1. The third-order valence-corrected chi connectivity index (χ3v) is 8.76. The monoisotopic (exact) mass is 488 g/mol. The van der Waals surface area contributed by atoms with Gasteiger partial charge >= 0.3 is 0 Å². The van der Waals surface area contributed by atoms with Crippen molar-refractivity contribution in [1.82, 2.24) is 35.0 Å². The molecule has 0 radical (unpaired) electrons. The molecule has 4 aromatic rings. The van der Waals surface area contributed by atoms with Crippen molar-refractivity contribution in [2.24, 2.45) is 0 Å². The van der Waals surface area contributed by atoms with E-state index in [1.165, 1.54) is 12.8 Å². The molecule has 2 saturated heterocycles. The Morgan fingerprint density at radius 1 is 1.06 bits per heavy atom. The Labute approximate surface area is 200 Å². The van der Waals surface area contributed by atoms with Crippen molar-refractivity contribution in [3.8, 4) is 16.5 Å². The molecule has 0 aromatic carbocycles. The lowest BCUT2D eigenvalue weighted by molar-refractivity contribution is 0.208. The molecule has 32 heavy (non-hydrogen) atoms. The second kappa shape index (κ2) is 7.72.